The molecule has 0 saturated heterocycles. The van der Waals surface area contributed by atoms with Crippen LogP contribution in [0.2, 0.25) is 0 Å². The summed E-state index contributed by atoms with van der Waals surface area (Å²) in [6, 6.07) is 32.0. The minimum absolute atomic E-state index is 0.194. The van der Waals surface area contributed by atoms with E-state index in [0.29, 0.717) is 22.3 Å². The number of benzene rings is 8. The smallest absolute Gasteiger partial charge is 0.136 e. The predicted molar refractivity (Wildman–Crippen MR) is 183 cm³/mol. The summed E-state index contributed by atoms with van der Waals surface area (Å²) in [6.07, 6.45) is 0. The van der Waals surface area contributed by atoms with E-state index in [1.165, 1.54) is 0 Å². The van der Waals surface area contributed by atoms with Crippen molar-refractivity contribution in [3.63, 3.8) is 0 Å². The summed E-state index contributed by atoms with van der Waals surface area (Å²) in [7, 11) is 0. The number of hydrogen-bond donors (Lipinski definition) is 0. The van der Waals surface area contributed by atoms with Crippen LogP contribution in [0, 0.1) is 0 Å². The molecule has 0 atom stereocenters. The minimum atomic E-state index is -0.421. The van der Waals surface area contributed by atoms with Gasteiger partial charge in [0.05, 0.1) is 11.0 Å². The molecule has 200 valence electrons. The Kier molecular flexibility index (Phi) is 3.80. The predicted octanol–water partition coefficient (Wildman–Crippen LogP) is 12.0. The highest BCUT2D eigenvalue weighted by molar-refractivity contribution is 6.23. The van der Waals surface area contributed by atoms with Crippen molar-refractivity contribution < 1.29 is 15.4 Å². The molecule has 0 aliphatic rings. The van der Waals surface area contributed by atoms with Crippen LogP contribution in [-0.4, -0.2) is 0 Å². The van der Waals surface area contributed by atoms with Gasteiger partial charge in [-0.15, -0.1) is 0 Å². The lowest BCUT2D eigenvalue weighted by Gasteiger charge is -2.18. The van der Waals surface area contributed by atoms with E-state index in [0.717, 1.165) is 43.8 Å². The van der Waals surface area contributed by atoms with Gasteiger partial charge >= 0.3 is 0 Å². The third kappa shape index (κ3) is 3.65. The van der Waals surface area contributed by atoms with Gasteiger partial charge in [-0.3, -0.25) is 0 Å². The van der Waals surface area contributed by atoms with E-state index in [4.69, 9.17) is 15.4 Å². The number of hydrogen-bond acceptors (Lipinski definition) is 1. The Morgan fingerprint density at radius 2 is 0.953 bits per heavy atom. The van der Waals surface area contributed by atoms with Crippen LogP contribution in [0.3, 0.4) is 0 Å². The normalized spacial score (nSPS) is 14.3. The molecule has 9 aromatic rings. The number of fused-ring (bicyclic) bond motifs is 7. The van der Waals surface area contributed by atoms with Crippen LogP contribution in [0.5, 0.6) is 0 Å². The summed E-state index contributed by atoms with van der Waals surface area (Å²) in [5.41, 5.74) is 5.17. The van der Waals surface area contributed by atoms with Gasteiger partial charge in [-0.1, -0.05) is 145 Å². The van der Waals surface area contributed by atoms with Crippen molar-refractivity contribution in [1.82, 2.24) is 0 Å². The van der Waals surface area contributed by atoms with Gasteiger partial charge in [-0.25, -0.2) is 0 Å². The molecule has 43 heavy (non-hydrogen) atoms. The average Bonchev–Trinajstić information content (AvgIpc) is 3.56. The maximum Gasteiger partial charge on any atom is 0.136 e. The second kappa shape index (κ2) is 9.44. The zero-order valence-electron chi connectivity index (χ0n) is 30.8. The van der Waals surface area contributed by atoms with Crippen LogP contribution < -0.4 is 0 Å². The Morgan fingerprint density at radius 3 is 1.63 bits per heavy atom. The zero-order chi connectivity index (χ0) is 35.3. The third-order valence-electron chi connectivity index (χ3n) is 8.31. The van der Waals surface area contributed by atoms with E-state index >= 15 is 0 Å². The summed E-state index contributed by atoms with van der Waals surface area (Å²) in [6.45, 7) is 0. The van der Waals surface area contributed by atoms with Crippen molar-refractivity contribution in [3.05, 3.63) is 158 Å². The van der Waals surface area contributed by atoms with Crippen molar-refractivity contribution in [2.75, 3.05) is 0 Å². The lowest BCUT2D eigenvalue weighted by molar-refractivity contribution is 0.669. The van der Waals surface area contributed by atoms with Gasteiger partial charge in [-0.05, 0) is 77.8 Å². The van der Waals surface area contributed by atoms with Crippen molar-refractivity contribution in [1.29, 1.82) is 0 Å². The van der Waals surface area contributed by atoms with Gasteiger partial charge in [0, 0.05) is 10.8 Å². The molecule has 1 heterocycles. The summed E-state index contributed by atoms with van der Waals surface area (Å²) in [5, 5.41) is 4.96. The van der Waals surface area contributed by atoms with Crippen LogP contribution in [0.25, 0.3) is 87.6 Å². The molecule has 8 aromatic carbocycles. The Labute approximate surface area is 260 Å². The molecule has 0 fully saturated rings. The number of rotatable bonds is 3. The largest absolute Gasteiger partial charge is 0.456 e. The van der Waals surface area contributed by atoms with E-state index in [1.54, 1.807) is 24.3 Å². The Morgan fingerprint density at radius 1 is 0.395 bits per heavy atom. The molecule has 0 spiro atoms. The first-order valence-corrected chi connectivity index (χ1v) is 14.1. The molecule has 0 aliphatic carbocycles. The van der Waals surface area contributed by atoms with Gasteiger partial charge in [0.2, 0.25) is 0 Å². The van der Waals surface area contributed by atoms with Gasteiger partial charge in [-0.2, -0.15) is 0 Å². The van der Waals surface area contributed by atoms with Crippen LogP contribution >= 0.6 is 0 Å². The molecule has 0 N–H and O–H groups in total. The first-order chi connectivity index (χ1) is 24.7. The molecule has 1 nitrogen and oxygen atoms in total. The van der Waals surface area contributed by atoms with Crippen molar-refractivity contribution in [3.8, 4) is 33.4 Å². The van der Waals surface area contributed by atoms with Crippen LogP contribution in [0.1, 0.15) is 11.0 Å². The maximum atomic E-state index is 9.17. The molecule has 9 rings (SSSR count). The molecular formula is C42H26O. The fraction of sp³-hybridized carbons (Fsp3) is 0. The Hall–Kier alpha value is -5.66. The van der Waals surface area contributed by atoms with Crippen molar-refractivity contribution >= 4 is 54.3 Å². The van der Waals surface area contributed by atoms with Crippen LogP contribution in [0.4, 0.5) is 0 Å². The first kappa shape index (κ1) is 17.3. The SMILES string of the molecule is [2H]c1c([2H])c([2H])c2c(-c3ccc(-c4cccc5oc6ccc7ccccc7c6c45)cc3)c3c([2H])c([2H])c([2H])c([2H])c3c(-c3ccccc3)c2c1[2H]. The van der Waals surface area contributed by atoms with Crippen LogP contribution in [-0.2, 0) is 0 Å². The van der Waals surface area contributed by atoms with E-state index in [9.17, 15) is 0 Å². The molecule has 0 bridgehead atoms. The van der Waals surface area contributed by atoms with Gasteiger partial charge < -0.3 is 4.42 Å². The Balaban J connectivity index is 1.39. The van der Waals surface area contributed by atoms with E-state index in [1.807, 2.05) is 66.7 Å². The molecule has 1 heteroatoms. The quantitative estimate of drug-likeness (QED) is 0.198. The topological polar surface area (TPSA) is 13.1 Å². The maximum absolute atomic E-state index is 9.17. The summed E-state index contributed by atoms with van der Waals surface area (Å²) < 4.78 is 77.4. The lowest BCUT2D eigenvalue weighted by Crippen LogP contribution is -1.90. The van der Waals surface area contributed by atoms with Crippen molar-refractivity contribution in [2.45, 2.75) is 0 Å². The van der Waals surface area contributed by atoms with Gasteiger partial charge in [0.15, 0.2) is 0 Å². The highest BCUT2D eigenvalue weighted by atomic mass is 16.3. The standard InChI is InChI=1S/C42H26O/c1-2-12-29(13-3-1)39-33-15-6-8-17-35(33)40(36-18-9-7-16-34(36)39)30-23-21-28(22-24-30)32-19-10-20-37-41(32)42-31-14-5-4-11-27(31)25-26-38(42)43-37/h1-26H/i6D,7D,8D,9D,15D,16D,17D,18D. The van der Waals surface area contributed by atoms with Gasteiger partial charge in [0.25, 0.3) is 0 Å². The van der Waals surface area contributed by atoms with E-state index in [2.05, 4.69) is 18.2 Å². The molecule has 0 unspecified atom stereocenters. The minimum Gasteiger partial charge on any atom is -0.456 e. The molecule has 0 saturated carbocycles. The molecule has 0 amide bonds. The molecular weight excluding hydrogens is 520 g/mol. The van der Waals surface area contributed by atoms with E-state index in [-0.39, 0.29) is 45.7 Å². The zero-order valence-corrected chi connectivity index (χ0v) is 22.8. The van der Waals surface area contributed by atoms with Crippen molar-refractivity contribution in [2.24, 2.45) is 0 Å². The van der Waals surface area contributed by atoms with E-state index < -0.39 is 24.2 Å². The Bertz CT molecular complexity index is 2850. The lowest BCUT2D eigenvalue weighted by atomic mass is 9.85. The molecule has 0 radical (unpaired) electrons. The highest BCUT2D eigenvalue weighted by Gasteiger charge is 2.18. The fourth-order valence-electron chi connectivity index (χ4n) is 6.45. The summed E-state index contributed by atoms with van der Waals surface area (Å²) in [5.74, 6) is 0. The third-order valence-corrected chi connectivity index (χ3v) is 8.31. The second-order valence-corrected chi connectivity index (χ2v) is 10.6. The highest BCUT2D eigenvalue weighted by Crippen LogP contribution is 2.45. The van der Waals surface area contributed by atoms with Crippen LogP contribution in [0.15, 0.2) is 162 Å². The summed E-state index contributed by atoms with van der Waals surface area (Å²) >= 11 is 0. The number of furan rings is 1. The average molecular weight is 555 g/mol. The second-order valence-electron chi connectivity index (χ2n) is 10.6. The fourth-order valence-corrected chi connectivity index (χ4v) is 6.45. The molecule has 1 aromatic heterocycles. The first-order valence-electron chi connectivity index (χ1n) is 18.1. The summed E-state index contributed by atoms with van der Waals surface area (Å²) in [4.78, 5) is 0. The van der Waals surface area contributed by atoms with Gasteiger partial charge in [0.1, 0.15) is 11.2 Å². The monoisotopic (exact) mass is 554 g/mol. The molecule has 0 aliphatic heterocycles.